The highest BCUT2D eigenvalue weighted by atomic mass is 14.8. The fourth-order valence-electron chi connectivity index (χ4n) is 9.56. The fraction of sp³-hybridized carbons (Fsp3) is 0. The van der Waals surface area contributed by atoms with E-state index in [1.165, 1.54) is 99.1 Å². The van der Waals surface area contributed by atoms with Crippen molar-refractivity contribution in [2.75, 3.05) is 0 Å². The van der Waals surface area contributed by atoms with Crippen molar-refractivity contribution in [3.05, 3.63) is 219 Å². The molecule has 1 aliphatic carbocycles. The minimum atomic E-state index is 0.871. The van der Waals surface area contributed by atoms with E-state index in [2.05, 4.69) is 193 Å². The summed E-state index contributed by atoms with van der Waals surface area (Å²) in [5.74, 6) is 0. The molecule has 0 saturated carbocycles. The van der Waals surface area contributed by atoms with E-state index in [4.69, 9.17) is 4.98 Å². The van der Waals surface area contributed by atoms with E-state index in [0.717, 1.165) is 22.6 Å². The van der Waals surface area contributed by atoms with Gasteiger partial charge in [-0.2, -0.15) is 0 Å². The maximum atomic E-state index is 4.96. The molecule has 0 N–H and O–H groups in total. The van der Waals surface area contributed by atoms with Gasteiger partial charge in [0.05, 0.1) is 17.1 Å². The molecular formula is C58H36N2. The van der Waals surface area contributed by atoms with Crippen LogP contribution in [0.3, 0.4) is 0 Å². The van der Waals surface area contributed by atoms with E-state index in [0.29, 0.717) is 0 Å². The van der Waals surface area contributed by atoms with Crippen molar-refractivity contribution >= 4 is 32.3 Å². The standard InChI is InChI=1S/C58H36N2/c1-3-14-37(15-4-1)54-47-20-7-8-21-48(47)55(38-16-5-2-6-17-38)58-50-32-31-45(46-22-12-23-49(56(46)50)57(54)58)43-19-11-18-39(35-43)40-27-28-42-36-44(30-29-41(42)34-40)51-25-13-26-53(60-51)52-24-9-10-33-59-52/h1-36H. The minimum absolute atomic E-state index is 0.871. The van der Waals surface area contributed by atoms with E-state index >= 15 is 0 Å². The predicted molar refractivity (Wildman–Crippen MR) is 252 cm³/mol. The second-order valence-electron chi connectivity index (χ2n) is 15.6. The third kappa shape index (κ3) is 5.50. The zero-order valence-electron chi connectivity index (χ0n) is 32.7. The van der Waals surface area contributed by atoms with Crippen LogP contribution >= 0.6 is 0 Å². The van der Waals surface area contributed by atoms with Crippen LogP contribution in [0.15, 0.2) is 219 Å². The number of hydrogen-bond acceptors (Lipinski definition) is 2. The molecular weight excluding hydrogens is 725 g/mol. The third-order valence-corrected chi connectivity index (χ3v) is 12.2. The molecule has 0 radical (unpaired) electrons. The highest BCUT2D eigenvalue weighted by Gasteiger charge is 2.31. The summed E-state index contributed by atoms with van der Waals surface area (Å²) < 4.78 is 0. The zero-order chi connectivity index (χ0) is 39.6. The van der Waals surface area contributed by atoms with E-state index < -0.39 is 0 Å². The molecule has 0 atom stereocenters. The van der Waals surface area contributed by atoms with Gasteiger partial charge in [-0.3, -0.25) is 4.98 Å². The lowest BCUT2D eigenvalue weighted by Crippen LogP contribution is -1.93. The van der Waals surface area contributed by atoms with Gasteiger partial charge in [-0.25, -0.2) is 4.98 Å². The molecule has 0 aliphatic heterocycles. The summed E-state index contributed by atoms with van der Waals surface area (Å²) >= 11 is 0. The highest BCUT2D eigenvalue weighted by molar-refractivity contribution is 6.28. The molecule has 278 valence electrons. The Morgan fingerprint density at radius 2 is 0.783 bits per heavy atom. The maximum Gasteiger partial charge on any atom is 0.0893 e. The van der Waals surface area contributed by atoms with Crippen LogP contribution in [0.25, 0.3) is 122 Å². The van der Waals surface area contributed by atoms with Crippen LogP contribution in [-0.2, 0) is 0 Å². The van der Waals surface area contributed by atoms with Gasteiger partial charge in [-0.1, -0.05) is 170 Å². The van der Waals surface area contributed by atoms with Crippen molar-refractivity contribution in [1.29, 1.82) is 0 Å². The first-order chi connectivity index (χ1) is 29.8. The number of rotatable bonds is 6. The first-order valence-corrected chi connectivity index (χ1v) is 20.6. The van der Waals surface area contributed by atoms with Crippen LogP contribution in [0.2, 0.25) is 0 Å². The second kappa shape index (κ2) is 13.9. The van der Waals surface area contributed by atoms with E-state index in [-0.39, 0.29) is 0 Å². The van der Waals surface area contributed by atoms with Crippen molar-refractivity contribution in [1.82, 2.24) is 9.97 Å². The Labute approximate surface area is 348 Å². The van der Waals surface area contributed by atoms with Gasteiger partial charge in [0.1, 0.15) is 0 Å². The summed E-state index contributed by atoms with van der Waals surface area (Å²) in [6.45, 7) is 0. The second-order valence-corrected chi connectivity index (χ2v) is 15.6. The van der Waals surface area contributed by atoms with Crippen LogP contribution in [0.5, 0.6) is 0 Å². The van der Waals surface area contributed by atoms with E-state index in [9.17, 15) is 0 Å². The molecule has 1 aliphatic rings. The quantitative estimate of drug-likeness (QED) is 0.169. The minimum Gasteiger partial charge on any atom is -0.255 e. The molecule has 0 fully saturated rings. The maximum absolute atomic E-state index is 4.96. The van der Waals surface area contributed by atoms with Crippen molar-refractivity contribution in [2.24, 2.45) is 0 Å². The lowest BCUT2D eigenvalue weighted by Gasteiger charge is -2.20. The Morgan fingerprint density at radius 1 is 0.267 bits per heavy atom. The summed E-state index contributed by atoms with van der Waals surface area (Å²) in [6, 6.07) is 77.0. The zero-order valence-corrected chi connectivity index (χ0v) is 32.7. The molecule has 0 saturated heterocycles. The van der Waals surface area contributed by atoms with Gasteiger partial charge in [0.25, 0.3) is 0 Å². The molecule has 2 aromatic heterocycles. The van der Waals surface area contributed by atoms with Gasteiger partial charge in [-0.05, 0) is 142 Å². The van der Waals surface area contributed by atoms with E-state index in [1.807, 2.05) is 30.5 Å². The largest absolute Gasteiger partial charge is 0.255 e. The molecule has 2 heterocycles. The molecule has 9 aromatic carbocycles. The number of pyridine rings is 2. The summed E-state index contributed by atoms with van der Waals surface area (Å²) in [5.41, 5.74) is 18.9. The number of nitrogens with zero attached hydrogens (tertiary/aromatic N) is 2. The Balaban J connectivity index is 0.975. The fourth-order valence-corrected chi connectivity index (χ4v) is 9.56. The predicted octanol–water partition coefficient (Wildman–Crippen LogP) is 15.6. The number of aromatic nitrogens is 2. The monoisotopic (exact) mass is 760 g/mol. The average Bonchev–Trinajstić information content (AvgIpc) is 3.66. The van der Waals surface area contributed by atoms with Crippen LogP contribution in [0.1, 0.15) is 0 Å². The number of hydrogen-bond donors (Lipinski definition) is 0. The van der Waals surface area contributed by atoms with Gasteiger partial charge in [0, 0.05) is 11.8 Å². The van der Waals surface area contributed by atoms with Crippen molar-refractivity contribution in [3.8, 4) is 89.4 Å². The first-order valence-electron chi connectivity index (χ1n) is 20.6. The Morgan fingerprint density at radius 3 is 1.50 bits per heavy atom. The molecule has 12 rings (SSSR count). The molecule has 11 aromatic rings. The molecule has 0 bridgehead atoms. The smallest absolute Gasteiger partial charge is 0.0893 e. The van der Waals surface area contributed by atoms with Crippen molar-refractivity contribution in [2.45, 2.75) is 0 Å². The van der Waals surface area contributed by atoms with Gasteiger partial charge >= 0.3 is 0 Å². The number of benzene rings is 9. The third-order valence-electron chi connectivity index (χ3n) is 12.2. The van der Waals surface area contributed by atoms with Crippen LogP contribution in [0, 0.1) is 0 Å². The number of fused-ring (bicyclic) bond motifs is 5. The summed E-state index contributed by atoms with van der Waals surface area (Å²) in [4.78, 5) is 9.46. The average molecular weight is 761 g/mol. The van der Waals surface area contributed by atoms with Crippen LogP contribution in [-0.4, -0.2) is 9.97 Å². The SMILES string of the molecule is c1ccc(-c2c3c(c(-c4ccccc4)c4ccccc24)-c2ccc(-c4cccc(-c5ccc6cc(-c7cccc(-c8ccccn8)n7)ccc6c5)c4)c4cccc-3c24)cc1. The normalized spacial score (nSPS) is 11.7. The van der Waals surface area contributed by atoms with Crippen LogP contribution < -0.4 is 0 Å². The van der Waals surface area contributed by atoms with Gasteiger partial charge in [-0.15, -0.1) is 0 Å². The molecule has 2 heteroatoms. The van der Waals surface area contributed by atoms with Gasteiger partial charge in [0.2, 0.25) is 0 Å². The van der Waals surface area contributed by atoms with Crippen molar-refractivity contribution < 1.29 is 0 Å². The Bertz CT molecular complexity index is 3370. The highest BCUT2D eigenvalue weighted by Crippen LogP contribution is 2.58. The molecule has 2 nitrogen and oxygen atoms in total. The summed E-state index contributed by atoms with van der Waals surface area (Å²) in [6.07, 6.45) is 1.81. The van der Waals surface area contributed by atoms with Crippen molar-refractivity contribution in [3.63, 3.8) is 0 Å². The van der Waals surface area contributed by atoms with Gasteiger partial charge in [0.15, 0.2) is 0 Å². The Hall–Kier alpha value is -7.94. The Kier molecular flexibility index (Phi) is 7.89. The molecule has 60 heavy (non-hydrogen) atoms. The van der Waals surface area contributed by atoms with Gasteiger partial charge < -0.3 is 0 Å². The van der Waals surface area contributed by atoms with Crippen LogP contribution in [0.4, 0.5) is 0 Å². The lowest BCUT2D eigenvalue weighted by atomic mass is 9.82. The van der Waals surface area contributed by atoms with E-state index in [1.54, 1.807) is 0 Å². The topological polar surface area (TPSA) is 25.8 Å². The lowest BCUT2D eigenvalue weighted by molar-refractivity contribution is 1.25. The molecule has 0 unspecified atom stereocenters. The molecule has 0 amide bonds. The summed E-state index contributed by atoms with van der Waals surface area (Å²) in [5, 5.41) is 7.52. The summed E-state index contributed by atoms with van der Waals surface area (Å²) in [7, 11) is 0. The molecule has 0 spiro atoms. The first kappa shape index (κ1) is 34.1.